The third-order valence-corrected chi connectivity index (χ3v) is 4.21. The molecule has 0 aliphatic rings. The average molecular weight is 284 g/mol. The van der Waals surface area contributed by atoms with E-state index in [9.17, 15) is 0 Å². The minimum absolute atomic E-state index is 0.241. The minimum atomic E-state index is 0.241. The monoisotopic (exact) mass is 283 g/mol. The van der Waals surface area contributed by atoms with E-state index in [4.69, 9.17) is 11.6 Å². The zero-order valence-corrected chi connectivity index (χ0v) is 12.3. The normalized spacial score (nSPS) is 12.8. The molecule has 0 fully saturated rings. The topological polar surface area (TPSA) is 37.8 Å². The molecular weight excluding hydrogens is 266 g/mol. The molecule has 18 heavy (non-hydrogen) atoms. The van der Waals surface area contributed by atoms with E-state index < -0.39 is 0 Å². The van der Waals surface area contributed by atoms with Gasteiger partial charge in [0.2, 0.25) is 0 Å². The maximum atomic E-state index is 5.92. The van der Waals surface area contributed by atoms with Gasteiger partial charge >= 0.3 is 0 Å². The zero-order chi connectivity index (χ0) is 13.0. The molecule has 1 atom stereocenters. The number of hydrogen-bond donors (Lipinski definition) is 1. The first-order chi connectivity index (χ1) is 8.70. The van der Waals surface area contributed by atoms with Gasteiger partial charge < -0.3 is 5.32 Å². The smallest absolute Gasteiger partial charge is 0.138 e. The molecule has 98 valence electrons. The van der Waals surface area contributed by atoms with Crippen molar-refractivity contribution in [3.63, 3.8) is 0 Å². The molecule has 0 spiro atoms. The van der Waals surface area contributed by atoms with Crippen molar-refractivity contribution in [2.24, 2.45) is 0 Å². The van der Waals surface area contributed by atoms with Crippen LogP contribution >= 0.6 is 22.9 Å². The fourth-order valence-corrected chi connectivity index (χ4v) is 2.90. The van der Waals surface area contributed by atoms with Crippen LogP contribution in [-0.2, 0) is 6.42 Å². The second-order valence-corrected chi connectivity index (χ2v) is 6.22. The first-order valence-corrected chi connectivity index (χ1v) is 7.57. The Bertz CT molecular complexity index is 510. The highest BCUT2D eigenvalue weighted by Gasteiger charge is 2.07. The lowest BCUT2D eigenvalue weighted by Crippen LogP contribution is -2.05. The maximum absolute atomic E-state index is 5.92. The number of fused-ring (bicyclic) bond motifs is 1. The number of aryl methyl sites for hydroxylation is 1. The number of thiophene rings is 1. The molecule has 1 N–H and O–H groups in total. The second-order valence-electron chi connectivity index (χ2n) is 4.36. The fraction of sp³-hybridized carbons (Fsp3) is 0.538. The largest absolute Gasteiger partial charge is 0.369 e. The predicted molar refractivity (Wildman–Crippen MR) is 79.8 cm³/mol. The SMILES string of the molecule is CCc1cc2c(NCCCC(C)Cl)ncnc2s1. The van der Waals surface area contributed by atoms with E-state index in [1.807, 2.05) is 6.92 Å². The first kappa shape index (κ1) is 13.6. The van der Waals surface area contributed by atoms with Crippen LogP contribution in [0.4, 0.5) is 5.82 Å². The Balaban J connectivity index is 2.05. The number of rotatable bonds is 6. The molecular formula is C13H18ClN3S. The molecule has 5 heteroatoms. The van der Waals surface area contributed by atoms with Crippen molar-refractivity contribution >= 4 is 39.0 Å². The third kappa shape index (κ3) is 3.33. The molecule has 0 radical (unpaired) electrons. The van der Waals surface area contributed by atoms with Crippen molar-refractivity contribution in [2.75, 3.05) is 11.9 Å². The first-order valence-electron chi connectivity index (χ1n) is 6.32. The van der Waals surface area contributed by atoms with Gasteiger partial charge in [-0.1, -0.05) is 6.92 Å². The Morgan fingerprint density at radius 3 is 3.00 bits per heavy atom. The summed E-state index contributed by atoms with van der Waals surface area (Å²) in [6.07, 6.45) is 4.75. The molecule has 3 nitrogen and oxygen atoms in total. The van der Waals surface area contributed by atoms with E-state index in [0.717, 1.165) is 41.8 Å². The van der Waals surface area contributed by atoms with Gasteiger partial charge in [-0.05, 0) is 32.3 Å². The van der Waals surface area contributed by atoms with Crippen molar-refractivity contribution in [1.82, 2.24) is 9.97 Å². The maximum Gasteiger partial charge on any atom is 0.138 e. The molecule has 0 aliphatic heterocycles. The van der Waals surface area contributed by atoms with Crippen LogP contribution in [0.1, 0.15) is 31.6 Å². The number of hydrogen-bond acceptors (Lipinski definition) is 4. The van der Waals surface area contributed by atoms with Crippen LogP contribution in [-0.4, -0.2) is 21.9 Å². The lowest BCUT2D eigenvalue weighted by atomic mass is 10.2. The standard InChI is InChI=1S/C13H18ClN3S/c1-3-10-7-11-12(15-6-4-5-9(2)14)16-8-17-13(11)18-10/h7-9H,3-6H2,1-2H3,(H,15,16,17). The van der Waals surface area contributed by atoms with E-state index >= 15 is 0 Å². The van der Waals surface area contributed by atoms with E-state index in [0.29, 0.717) is 0 Å². The highest BCUT2D eigenvalue weighted by Crippen LogP contribution is 2.28. The number of aromatic nitrogens is 2. The number of alkyl halides is 1. The number of nitrogens with zero attached hydrogens (tertiary/aromatic N) is 2. The lowest BCUT2D eigenvalue weighted by Gasteiger charge is -2.06. The van der Waals surface area contributed by atoms with Gasteiger partial charge in [0.1, 0.15) is 17.0 Å². The molecule has 0 bridgehead atoms. The highest BCUT2D eigenvalue weighted by atomic mass is 35.5. The van der Waals surface area contributed by atoms with E-state index in [1.165, 1.54) is 4.88 Å². The molecule has 0 aromatic carbocycles. The Labute approximate surface area is 117 Å². The Kier molecular flexibility index (Phi) is 4.78. The van der Waals surface area contributed by atoms with Crippen molar-refractivity contribution in [1.29, 1.82) is 0 Å². The van der Waals surface area contributed by atoms with Crippen LogP contribution in [0, 0.1) is 0 Å². The molecule has 0 saturated carbocycles. The molecule has 1 unspecified atom stereocenters. The van der Waals surface area contributed by atoms with Crippen LogP contribution in [0.5, 0.6) is 0 Å². The van der Waals surface area contributed by atoms with Crippen LogP contribution in [0.15, 0.2) is 12.4 Å². The quantitative estimate of drug-likeness (QED) is 0.641. The zero-order valence-electron chi connectivity index (χ0n) is 10.7. The summed E-state index contributed by atoms with van der Waals surface area (Å²) in [4.78, 5) is 11.1. The van der Waals surface area contributed by atoms with Crippen molar-refractivity contribution in [3.05, 3.63) is 17.3 Å². The van der Waals surface area contributed by atoms with Gasteiger partial charge in [0.25, 0.3) is 0 Å². The second kappa shape index (κ2) is 6.34. The summed E-state index contributed by atoms with van der Waals surface area (Å²) < 4.78 is 0. The summed E-state index contributed by atoms with van der Waals surface area (Å²) in [5, 5.41) is 4.76. The minimum Gasteiger partial charge on any atom is -0.369 e. The van der Waals surface area contributed by atoms with Gasteiger partial charge in [-0.3, -0.25) is 0 Å². The summed E-state index contributed by atoms with van der Waals surface area (Å²) in [5.41, 5.74) is 0. The highest BCUT2D eigenvalue weighted by molar-refractivity contribution is 7.18. The Morgan fingerprint density at radius 2 is 2.28 bits per heavy atom. The molecule has 2 rings (SSSR count). The molecule has 0 saturated heterocycles. The average Bonchev–Trinajstić information content (AvgIpc) is 2.78. The molecule has 2 aromatic heterocycles. The number of nitrogens with one attached hydrogen (secondary N) is 1. The third-order valence-electron chi connectivity index (χ3n) is 2.80. The summed E-state index contributed by atoms with van der Waals surface area (Å²) in [7, 11) is 0. The fourth-order valence-electron chi connectivity index (χ4n) is 1.81. The van der Waals surface area contributed by atoms with Crippen LogP contribution in [0.3, 0.4) is 0 Å². The summed E-state index contributed by atoms with van der Waals surface area (Å²) in [5.74, 6) is 0.943. The van der Waals surface area contributed by atoms with Gasteiger partial charge in [0.15, 0.2) is 0 Å². The van der Waals surface area contributed by atoms with Gasteiger partial charge in [-0.2, -0.15) is 0 Å². The van der Waals surface area contributed by atoms with Gasteiger partial charge in [0, 0.05) is 16.8 Å². The van der Waals surface area contributed by atoms with Gasteiger partial charge in [0.05, 0.1) is 5.39 Å². The van der Waals surface area contributed by atoms with Crippen molar-refractivity contribution < 1.29 is 0 Å². The van der Waals surface area contributed by atoms with Crippen LogP contribution < -0.4 is 5.32 Å². The summed E-state index contributed by atoms with van der Waals surface area (Å²) in [6.45, 7) is 5.09. The van der Waals surface area contributed by atoms with E-state index in [2.05, 4.69) is 28.3 Å². The van der Waals surface area contributed by atoms with Crippen LogP contribution in [0.2, 0.25) is 0 Å². The lowest BCUT2D eigenvalue weighted by molar-refractivity contribution is 0.749. The van der Waals surface area contributed by atoms with Crippen LogP contribution in [0.25, 0.3) is 10.2 Å². The van der Waals surface area contributed by atoms with Crippen molar-refractivity contribution in [3.8, 4) is 0 Å². The van der Waals surface area contributed by atoms with Crippen molar-refractivity contribution in [2.45, 2.75) is 38.5 Å². The summed E-state index contributed by atoms with van der Waals surface area (Å²) in [6, 6.07) is 2.19. The number of halogens is 1. The van der Waals surface area contributed by atoms with Gasteiger partial charge in [-0.25, -0.2) is 9.97 Å². The molecule has 2 aromatic rings. The molecule has 0 aliphatic carbocycles. The predicted octanol–water partition coefficient (Wildman–Crippen LogP) is 4.07. The molecule has 0 amide bonds. The number of anilines is 1. The van der Waals surface area contributed by atoms with E-state index in [1.54, 1.807) is 17.7 Å². The van der Waals surface area contributed by atoms with E-state index in [-0.39, 0.29) is 5.38 Å². The molecule has 2 heterocycles. The Hall–Kier alpha value is -0.870. The Morgan fingerprint density at radius 1 is 1.44 bits per heavy atom. The van der Waals surface area contributed by atoms with Gasteiger partial charge in [-0.15, -0.1) is 22.9 Å². The summed E-state index contributed by atoms with van der Waals surface area (Å²) >= 11 is 7.67.